The molecule has 2 rings (SSSR count). The number of rotatable bonds is 6. The lowest BCUT2D eigenvalue weighted by atomic mass is 10.3. The van der Waals surface area contributed by atoms with E-state index in [0.29, 0.717) is 16.5 Å². The molecule has 1 heterocycles. The number of hydrogen-bond donors (Lipinski definition) is 1. The van der Waals surface area contributed by atoms with Crippen molar-refractivity contribution in [2.24, 2.45) is 0 Å². The van der Waals surface area contributed by atoms with E-state index in [0.717, 1.165) is 9.63 Å². The van der Waals surface area contributed by atoms with Crippen LogP contribution in [0.15, 0.2) is 58.6 Å². The van der Waals surface area contributed by atoms with Crippen LogP contribution in [-0.2, 0) is 4.79 Å². The molecule has 0 radical (unpaired) electrons. The third-order valence-electron chi connectivity index (χ3n) is 2.59. The summed E-state index contributed by atoms with van der Waals surface area (Å²) in [7, 11) is 0. The third kappa shape index (κ3) is 4.69. The number of anilines is 1. The third-order valence-corrected chi connectivity index (χ3v) is 4.55. The first kappa shape index (κ1) is 16.2. The van der Waals surface area contributed by atoms with E-state index in [1.807, 2.05) is 18.2 Å². The topological polar surface area (TPSA) is 79.8 Å². The molecule has 7 heteroatoms. The average Bonchev–Trinajstić information content (AvgIpc) is 2.53. The van der Waals surface area contributed by atoms with Crippen LogP contribution in [0.2, 0.25) is 0 Å². The molecule has 0 aliphatic carbocycles. The van der Waals surface area contributed by atoms with Crippen LogP contribution in [0.4, 0.5) is 5.69 Å². The first-order valence-corrected chi connectivity index (χ1v) is 8.37. The smallest absolute Gasteiger partial charge is 0.251 e. The predicted molar refractivity (Wildman–Crippen MR) is 87.5 cm³/mol. The molecule has 1 aromatic carbocycles. The molecule has 0 atom stereocenters. The van der Waals surface area contributed by atoms with Gasteiger partial charge in [-0.3, -0.25) is 4.79 Å². The maximum absolute atomic E-state index is 12.0. The molecule has 0 aliphatic heterocycles. The maximum atomic E-state index is 12.0. The van der Waals surface area contributed by atoms with Crippen molar-refractivity contribution in [3.05, 3.63) is 53.9 Å². The van der Waals surface area contributed by atoms with Gasteiger partial charge in [0.1, 0.15) is 0 Å². The van der Waals surface area contributed by atoms with Crippen molar-refractivity contribution < 1.29 is 9.52 Å². The molecule has 1 N–H and O–H groups in total. The Bertz CT molecular complexity index is 701. The van der Waals surface area contributed by atoms with Crippen LogP contribution in [0, 0.1) is 16.5 Å². The number of aromatic nitrogens is 1. The predicted octanol–water partition coefficient (Wildman–Crippen LogP) is 2.67. The van der Waals surface area contributed by atoms with Crippen LogP contribution in [0.3, 0.4) is 0 Å². The molecule has 0 unspecified atom stereocenters. The quantitative estimate of drug-likeness (QED) is 0.500. The molecular formula is C15H13N3O2S2. The summed E-state index contributed by atoms with van der Waals surface area (Å²) < 4.78 is 0.731. The van der Waals surface area contributed by atoms with E-state index in [9.17, 15) is 10.0 Å². The fourth-order valence-corrected chi connectivity index (χ4v) is 3.04. The zero-order valence-corrected chi connectivity index (χ0v) is 13.2. The fraction of sp³-hybridized carbons (Fsp3) is 0.133. The summed E-state index contributed by atoms with van der Waals surface area (Å²) in [6, 6.07) is 14.4. The molecule has 1 aromatic heterocycles. The van der Waals surface area contributed by atoms with E-state index in [2.05, 4.69) is 11.4 Å². The molecule has 0 bridgehead atoms. The van der Waals surface area contributed by atoms with Crippen LogP contribution in [0.5, 0.6) is 0 Å². The van der Waals surface area contributed by atoms with Crippen LogP contribution < -0.4 is 10.0 Å². The molecule has 22 heavy (non-hydrogen) atoms. The van der Waals surface area contributed by atoms with Gasteiger partial charge in [-0.1, -0.05) is 12.1 Å². The molecule has 0 saturated heterocycles. The number of para-hydroxylation sites is 1. The maximum Gasteiger partial charge on any atom is 0.251 e. The van der Waals surface area contributed by atoms with Gasteiger partial charge in [-0.15, -0.1) is 11.8 Å². The second-order valence-electron chi connectivity index (χ2n) is 4.14. The highest BCUT2D eigenvalue weighted by atomic mass is 32.2. The van der Waals surface area contributed by atoms with Crippen molar-refractivity contribution >= 4 is 35.1 Å². The lowest BCUT2D eigenvalue weighted by molar-refractivity contribution is -0.645. The van der Waals surface area contributed by atoms with Crippen molar-refractivity contribution in [1.29, 1.82) is 5.26 Å². The van der Waals surface area contributed by atoms with Crippen LogP contribution in [0.1, 0.15) is 0 Å². The Morgan fingerprint density at radius 3 is 2.77 bits per heavy atom. The Morgan fingerprint density at radius 1 is 1.23 bits per heavy atom. The molecule has 0 fully saturated rings. The molecule has 1 amide bonds. The summed E-state index contributed by atoms with van der Waals surface area (Å²) in [4.78, 5) is 12.9. The Labute approximate surface area is 136 Å². The minimum Gasteiger partial charge on any atom is -0.618 e. The van der Waals surface area contributed by atoms with Gasteiger partial charge < -0.3 is 10.5 Å². The standard InChI is InChI=1S/C15H13N3O2S2/c16-8-10-21-13-6-2-1-5-12(13)17-14(19)11-22-15-7-3-4-9-18(15)20/h1-7,9H,10-11H2,(H,17,19). The molecular weight excluding hydrogens is 318 g/mol. The second-order valence-corrected chi connectivity index (χ2v) is 6.16. The Hall–Kier alpha value is -2.17. The number of pyridine rings is 1. The van der Waals surface area contributed by atoms with Gasteiger partial charge in [-0.05, 0) is 30.0 Å². The van der Waals surface area contributed by atoms with E-state index >= 15 is 0 Å². The lowest BCUT2D eigenvalue weighted by Crippen LogP contribution is -2.28. The first-order valence-electron chi connectivity index (χ1n) is 6.40. The van der Waals surface area contributed by atoms with E-state index < -0.39 is 0 Å². The summed E-state index contributed by atoms with van der Waals surface area (Å²) in [6.45, 7) is 0. The number of nitriles is 1. The average molecular weight is 331 g/mol. The number of thioether (sulfide) groups is 2. The van der Waals surface area contributed by atoms with E-state index in [1.165, 1.54) is 29.7 Å². The molecule has 0 aliphatic rings. The van der Waals surface area contributed by atoms with Crippen LogP contribution >= 0.6 is 23.5 Å². The lowest BCUT2D eigenvalue weighted by Gasteiger charge is -2.09. The normalized spacial score (nSPS) is 9.95. The minimum atomic E-state index is -0.195. The first-order chi connectivity index (χ1) is 10.7. The number of nitrogens with one attached hydrogen (secondary N) is 1. The van der Waals surface area contributed by atoms with Crippen molar-refractivity contribution in [2.45, 2.75) is 9.92 Å². The van der Waals surface area contributed by atoms with Gasteiger partial charge in [-0.2, -0.15) is 9.99 Å². The summed E-state index contributed by atoms with van der Waals surface area (Å²) in [5.41, 5.74) is 0.677. The zero-order valence-electron chi connectivity index (χ0n) is 11.6. The fourth-order valence-electron chi connectivity index (χ4n) is 1.66. The van der Waals surface area contributed by atoms with Gasteiger partial charge in [0, 0.05) is 17.0 Å². The summed E-state index contributed by atoms with van der Waals surface area (Å²) in [6.07, 6.45) is 1.40. The van der Waals surface area contributed by atoms with Crippen LogP contribution in [0.25, 0.3) is 0 Å². The van der Waals surface area contributed by atoms with E-state index in [1.54, 1.807) is 24.3 Å². The Balaban J connectivity index is 1.95. The van der Waals surface area contributed by atoms with Crippen LogP contribution in [-0.4, -0.2) is 17.4 Å². The van der Waals surface area contributed by atoms with Crippen molar-refractivity contribution in [3.8, 4) is 6.07 Å². The van der Waals surface area contributed by atoms with Gasteiger partial charge >= 0.3 is 0 Å². The monoisotopic (exact) mass is 331 g/mol. The highest BCUT2D eigenvalue weighted by molar-refractivity contribution is 8.00. The summed E-state index contributed by atoms with van der Waals surface area (Å²) >= 11 is 2.55. The summed E-state index contributed by atoms with van der Waals surface area (Å²) in [5, 5.41) is 23.4. The van der Waals surface area contributed by atoms with E-state index in [-0.39, 0.29) is 11.7 Å². The molecule has 0 saturated carbocycles. The van der Waals surface area contributed by atoms with E-state index in [4.69, 9.17) is 5.26 Å². The second kappa shape index (κ2) is 8.32. The number of benzene rings is 1. The molecule has 112 valence electrons. The Kier molecular flexibility index (Phi) is 6.13. The highest BCUT2D eigenvalue weighted by Crippen LogP contribution is 2.26. The SMILES string of the molecule is N#CCSc1ccccc1NC(=O)CSc1cccc[n+]1[O-]. The number of amides is 1. The van der Waals surface area contributed by atoms with Gasteiger partial charge in [0.15, 0.2) is 6.20 Å². The van der Waals surface area contributed by atoms with Gasteiger partial charge in [-0.25, -0.2) is 0 Å². The number of nitrogens with zero attached hydrogens (tertiary/aromatic N) is 2. The van der Waals surface area contributed by atoms with Gasteiger partial charge in [0.2, 0.25) is 5.91 Å². The summed E-state index contributed by atoms with van der Waals surface area (Å²) in [5.74, 6) is 0.268. The number of carbonyl (C=O) groups is 1. The van der Waals surface area contributed by atoms with Gasteiger partial charge in [0.05, 0.1) is 23.3 Å². The van der Waals surface area contributed by atoms with Crippen molar-refractivity contribution in [3.63, 3.8) is 0 Å². The van der Waals surface area contributed by atoms with Crippen molar-refractivity contribution in [2.75, 3.05) is 16.8 Å². The number of carbonyl (C=O) groups excluding carboxylic acids is 1. The molecule has 2 aromatic rings. The Morgan fingerprint density at radius 2 is 2.00 bits per heavy atom. The van der Waals surface area contributed by atoms with Crippen molar-refractivity contribution in [1.82, 2.24) is 0 Å². The minimum absolute atomic E-state index is 0.142. The van der Waals surface area contributed by atoms with Gasteiger partial charge in [0.25, 0.3) is 5.03 Å². The highest BCUT2D eigenvalue weighted by Gasteiger charge is 2.11. The molecule has 0 spiro atoms. The molecule has 5 nitrogen and oxygen atoms in total. The number of hydrogen-bond acceptors (Lipinski definition) is 5. The zero-order chi connectivity index (χ0) is 15.8. The largest absolute Gasteiger partial charge is 0.618 e.